The van der Waals surface area contributed by atoms with E-state index in [2.05, 4.69) is 35.7 Å². The molecule has 0 radical (unpaired) electrons. The number of hydrogen-bond acceptors (Lipinski definition) is 3. The summed E-state index contributed by atoms with van der Waals surface area (Å²) in [6.45, 7) is 3.07. The average molecular weight is 256 g/mol. The second kappa shape index (κ2) is 10.6. The third-order valence-corrected chi connectivity index (χ3v) is 2.34. The lowest BCUT2D eigenvalue weighted by atomic mass is 10.2. The maximum absolute atomic E-state index is 5.69. The van der Waals surface area contributed by atoms with Gasteiger partial charge in [0.05, 0.1) is 11.9 Å². The minimum Gasteiger partial charge on any atom is -0.394 e. The first-order chi connectivity index (χ1) is 9.17. The van der Waals surface area contributed by atoms with Crippen LogP contribution in [0.25, 0.3) is 0 Å². The lowest BCUT2D eigenvalue weighted by Gasteiger charge is -2.03. The van der Waals surface area contributed by atoms with Crippen molar-refractivity contribution in [3.05, 3.63) is 6.20 Å². The SMILES string of the molecule is C#CC#CC#C.CCCCCCn1ncc(N)c1N. The largest absolute Gasteiger partial charge is 0.394 e. The van der Waals surface area contributed by atoms with Crippen LogP contribution in [0.15, 0.2) is 6.20 Å². The highest BCUT2D eigenvalue weighted by atomic mass is 15.3. The van der Waals surface area contributed by atoms with Gasteiger partial charge >= 0.3 is 0 Å². The Labute approximate surface area is 115 Å². The van der Waals surface area contributed by atoms with E-state index >= 15 is 0 Å². The van der Waals surface area contributed by atoms with Gasteiger partial charge in [-0.15, -0.1) is 12.8 Å². The van der Waals surface area contributed by atoms with Crippen LogP contribution in [0.1, 0.15) is 32.6 Å². The molecule has 1 aromatic rings. The zero-order valence-corrected chi connectivity index (χ0v) is 11.3. The number of aryl methyl sites for hydroxylation is 1. The van der Waals surface area contributed by atoms with Crippen LogP contribution in [0.2, 0.25) is 0 Å². The molecule has 19 heavy (non-hydrogen) atoms. The number of rotatable bonds is 5. The summed E-state index contributed by atoms with van der Waals surface area (Å²) < 4.78 is 1.77. The van der Waals surface area contributed by atoms with E-state index in [1.54, 1.807) is 10.9 Å². The van der Waals surface area contributed by atoms with Gasteiger partial charge in [-0.1, -0.05) is 26.2 Å². The minimum absolute atomic E-state index is 0.579. The lowest BCUT2D eigenvalue weighted by molar-refractivity contribution is 0.547. The third kappa shape index (κ3) is 7.42. The number of nitrogen functional groups attached to an aromatic ring is 2. The molecule has 0 fully saturated rings. The Morgan fingerprint density at radius 2 is 1.79 bits per heavy atom. The molecule has 1 heterocycles. The molecule has 100 valence electrons. The highest BCUT2D eigenvalue weighted by molar-refractivity contribution is 5.56. The average Bonchev–Trinajstić information content (AvgIpc) is 2.74. The van der Waals surface area contributed by atoms with Gasteiger partial charge in [0.2, 0.25) is 0 Å². The second-order valence-electron chi connectivity index (χ2n) is 3.81. The zero-order chi connectivity index (χ0) is 14.5. The summed E-state index contributed by atoms with van der Waals surface area (Å²) in [6.07, 6.45) is 15.9. The van der Waals surface area contributed by atoms with Crippen LogP contribution in [-0.2, 0) is 6.54 Å². The first-order valence-electron chi connectivity index (χ1n) is 6.15. The molecular formula is C15H20N4. The lowest BCUT2D eigenvalue weighted by Crippen LogP contribution is -2.05. The number of anilines is 2. The van der Waals surface area contributed by atoms with Crippen molar-refractivity contribution in [1.82, 2.24) is 9.78 Å². The molecule has 0 aliphatic heterocycles. The number of unbranched alkanes of at least 4 members (excludes halogenated alkanes) is 3. The summed E-state index contributed by atoms with van der Waals surface area (Å²) in [4.78, 5) is 0. The third-order valence-electron chi connectivity index (χ3n) is 2.34. The number of terminal acetylenes is 2. The number of nitrogens with zero attached hydrogens (tertiary/aromatic N) is 2. The first kappa shape index (κ1) is 16.5. The van der Waals surface area contributed by atoms with E-state index < -0.39 is 0 Å². The van der Waals surface area contributed by atoms with Crippen molar-refractivity contribution in [3.63, 3.8) is 0 Å². The number of hydrogen-bond donors (Lipinski definition) is 2. The molecule has 0 bridgehead atoms. The Bertz CT molecular complexity index is 485. The Morgan fingerprint density at radius 3 is 2.21 bits per heavy atom. The van der Waals surface area contributed by atoms with Crippen LogP contribution >= 0.6 is 0 Å². The van der Waals surface area contributed by atoms with Crippen LogP contribution in [0, 0.1) is 36.5 Å². The monoisotopic (exact) mass is 256 g/mol. The summed E-state index contributed by atoms with van der Waals surface area (Å²) in [7, 11) is 0. The van der Waals surface area contributed by atoms with Crippen LogP contribution < -0.4 is 11.5 Å². The molecule has 0 spiro atoms. The van der Waals surface area contributed by atoms with Gasteiger partial charge in [0.15, 0.2) is 0 Å². The second-order valence-corrected chi connectivity index (χ2v) is 3.81. The molecular weight excluding hydrogens is 236 g/mol. The molecule has 0 saturated heterocycles. The van der Waals surface area contributed by atoms with Gasteiger partial charge in [-0.05, 0) is 30.1 Å². The van der Waals surface area contributed by atoms with Crippen LogP contribution in [0.3, 0.4) is 0 Å². The maximum Gasteiger partial charge on any atom is 0.145 e. The molecule has 0 unspecified atom stereocenters. The molecule has 0 saturated carbocycles. The minimum atomic E-state index is 0.579. The fourth-order valence-corrected chi connectivity index (χ4v) is 1.35. The van der Waals surface area contributed by atoms with Crippen molar-refractivity contribution in [2.45, 2.75) is 39.2 Å². The van der Waals surface area contributed by atoms with Gasteiger partial charge in [-0.2, -0.15) is 5.10 Å². The molecule has 0 aromatic carbocycles. The topological polar surface area (TPSA) is 69.9 Å². The van der Waals surface area contributed by atoms with E-state index in [0.717, 1.165) is 13.0 Å². The molecule has 0 aliphatic rings. The van der Waals surface area contributed by atoms with E-state index in [1.807, 2.05) is 0 Å². The van der Waals surface area contributed by atoms with E-state index in [0.29, 0.717) is 11.5 Å². The van der Waals surface area contributed by atoms with E-state index in [1.165, 1.54) is 19.3 Å². The Hall–Kier alpha value is -2.51. The van der Waals surface area contributed by atoms with Gasteiger partial charge in [0.1, 0.15) is 5.82 Å². The van der Waals surface area contributed by atoms with Crippen LogP contribution in [-0.4, -0.2) is 9.78 Å². The van der Waals surface area contributed by atoms with E-state index in [-0.39, 0.29) is 0 Å². The normalized spacial score (nSPS) is 8.16. The molecule has 0 atom stereocenters. The summed E-state index contributed by atoms with van der Waals surface area (Å²) in [5.74, 6) is 9.20. The molecule has 4 nitrogen and oxygen atoms in total. The number of nitrogens with two attached hydrogens (primary N) is 2. The van der Waals surface area contributed by atoms with Gasteiger partial charge in [0.25, 0.3) is 0 Å². The molecule has 0 amide bonds. The van der Waals surface area contributed by atoms with Gasteiger partial charge in [-0.25, -0.2) is 4.68 Å². The molecule has 4 heteroatoms. The quantitative estimate of drug-likeness (QED) is 0.624. The number of aromatic nitrogens is 2. The van der Waals surface area contributed by atoms with Crippen molar-refractivity contribution in [2.75, 3.05) is 11.5 Å². The Morgan fingerprint density at radius 1 is 1.16 bits per heavy atom. The highest BCUT2D eigenvalue weighted by Crippen LogP contribution is 2.13. The summed E-state index contributed by atoms with van der Waals surface area (Å²) in [5.41, 5.74) is 11.8. The highest BCUT2D eigenvalue weighted by Gasteiger charge is 2.02. The van der Waals surface area contributed by atoms with Crippen molar-refractivity contribution in [1.29, 1.82) is 0 Å². The molecule has 4 N–H and O–H groups in total. The van der Waals surface area contributed by atoms with E-state index in [9.17, 15) is 0 Å². The predicted molar refractivity (Wildman–Crippen MR) is 80.6 cm³/mol. The Kier molecular flexibility index (Phi) is 9.23. The van der Waals surface area contributed by atoms with Crippen molar-refractivity contribution in [2.24, 2.45) is 0 Å². The smallest absolute Gasteiger partial charge is 0.145 e. The van der Waals surface area contributed by atoms with Crippen LogP contribution in [0.4, 0.5) is 11.5 Å². The predicted octanol–water partition coefficient (Wildman–Crippen LogP) is 1.88. The standard InChI is InChI=1S/C9H18N4.C6H2/c1-2-3-4-5-6-13-9(11)8(10)7-12-13;1-3-5-6-4-2/h7H,2-6,10-11H2,1H3;1-2H. The van der Waals surface area contributed by atoms with Crippen LogP contribution in [0.5, 0.6) is 0 Å². The van der Waals surface area contributed by atoms with E-state index in [4.69, 9.17) is 24.3 Å². The summed E-state index contributed by atoms with van der Waals surface area (Å²) in [6, 6.07) is 0. The summed E-state index contributed by atoms with van der Waals surface area (Å²) in [5, 5.41) is 4.08. The molecule has 1 rings (SSSR count). The van der Waals surface area contributed by atoms with Gasteiger partial charge in [-0.3, -0.25) is 0 Å². The molecule has 1 aromatic heterocycles. The Balaban J connectivity index is 0.000000459. The fourth-order valence-electron chi connectivity index (χ4n) is 1.35. The maximum atomic E-state index is 5.69. The fraction of sp³-hybridized carbons (Fsp3) is 0.400. The first-order valence-corrected chi connectivity index (χ1v) is 6.15. The van der Waals surface area contributed by atoms with Crippen molar-refractivity contribution >= 4 is 11.5 Å². The van der Waals surface area contributed by atoms with Crippen molar-refractivity contribution in [3.8, 4) is 36.5 Å². The molecule has 0 aliphatic carbocycles. The summed E-state index contributed by atoms with van der Waals surface area (Å²) >= 11 is 0. The zero-order valence-electron chi connectivity index (χ0n) is 11.3. The van der Waals surface area contributed by atoms with Gasteiger partial charge < -0.3 is 11.5 Å². The van der Waals surface area contributed by atoms with Crippen molar-refractivity contribution < 1.29 is 0 Å². The van der Waals surface area contributed by atoms with Gasteiger partial charge in [0, 0.05) is 6.54 Å².